The smallest absolute Gasteiger partial charge is 0.226 e. The predicted molar refractivity (Wildman–Crippen MR) is 133 cm³/mol. The van der Waals surface area contributed by atoms with Crippen molar-refractivity contribution in [1.29, 1.82) is 0 Å². The Balaban J connectivity index is 1.89. The van der Waals surface area contributed by atoms with E-state index in [0.717, 1.165) is 10.0 Å². The number of aliphatic hydroxyl groups excluding tert-OH is 1. The first-order chi connectivity index (χ1) is 16.8. The molecule has 1 aliphatic heterocycles. The molecular formula is C27H26BrNO6. The van der Waals surface area contributed by atoms with E-state index in [1.54, 1.807) is 12.1 Å². The van der Waals surface area contributed by atoms with Crippen LogP contribution in [0.5, 0.6) is 17.2 Å². The summed E-state index contributed by atoms with van der Waals surface area (Å²) in [6.07, 6.45) is -1.51. The summed E-state index contributed by atoms with van der Waals surface area (Å²) in [6.45, 7) is 0. The summed E-state index contributed by atoms with van der Waals surface area (Å²) >= 11 is 3.47. The molecule has 0 bridgehead atoms. The van der Waals surface area contributed by atoms with Gasteiger partial charge in [-0.05, 0) is 23.3 Å². The van der Waals surface area contributed by atoms with Gasteiger partial charge >= 0.3 is 0 Å². The van der Waals surface area contributed by atoms with Gasteiger partial charge in [-0.3, -0.25) is 4.79 Å². The minimum absolute atomic E-state index is 0.281. The van der Waals surface area contributed by atoms with Gasteiger partial charge in [-0.15, -0.1) is 0 Å². The number of aliphatic hydroxyl groups is 2. The fourth-order valence-electron chi connectivity index (χ4n) is 5.82. The minimum Gasteiger partial charge on any atom is -0.496 e. The van der Waals surface area contributed by atoms with Gasteiger partial charge in [-0.25, -0.2) is 0 Å². The van der Waals surface area contributed by atoms with Crippen molar-refractivity contribution < 1.29 is 29.2 Å². The first-order valence-corrected chi connectivity index (χ1v) is 12.0. The molecule has 0 saturated heterocycles. The van der Waals surface area contributed by atoms with Crippen LogP contribution in [0.3, 0.4) is 0 Å². The third kappa shape index (κ3) is 3.13. The Morgan fingerprint density at radius 3 is 2.34 bits per heavy atom. The van der Waals surface area contributed by atoms with Crippen molar-refractivity contribution >= 4 is 21.8 Å². The monoisotopic (exact) mass is 539 g/mol. The van der Waals surface area contributed by atoms with Crippen LogP contribution in [0.4, 0.5) is 0 Å². The lowest BCUT2D eigenvalue weighted by Crippen LogP contribution is -2.52. The van der Waals surface area contributed by atoms with Gasteiger partial charge in [0, 0.05) is 29.6 Å². The van der Waals surface area contributed by atoms with Crippen molar-refractivity contribution in [3.63, 3.8) is 0 Å². The van der Waals surface area contributed by atoms with Gasteiger partial charge in [0.15, 0.2) is 11.2 Å². The number of nitrogens with one attached hydrogen (secondary N) is 1. The van der Waals surface area contributed by atoms with Crippen LogP contribution in [0.25, 0.3) is 0 Å². The number of carbonyl (C=O) groups excluding carboxylic acids is 1. The van der Waals surface area contributed by atoms with Gasteiger partial charge in [0.05, 0.1) is 25.7 Å². The largest absolute Gasteiger partial charge is 0.496 e. The second-order valence-electron chi connectivity index (χ2n) is 8.79. The minimum atomic E-state index is -2.02. The molecule has 5 atom stereocenters. The maximum atomic E-state index is 13.3. The van der Waals surface area contributed by atoms with Gasteiger partial charge in [-0.1, -0.05) is 58.4 Å². The molecule has 8 heteroatoms. The van der Waals surface area contributed by atoms with Crippen LogP contribution < -0.4 is 19.5 Å². The predicted octanol–water partition coefficient (Wildman–Crippen LogP) is 3.46. The van der Waals surface area contributed by atoms with Crippen LogP contribution in [0.15, 0.2) is 71.2 Å². The molecule has 3 aromatic rings. The van der Waals surface area contributed by atoms with E-state index in [2.05, 4.69) is 21.2 Å². The molecule has 0 radical (unpaired) electrons. The number of rotatable bonds is 5. The Kier molecular flexibility index (Phi) is 5.78. The molecule has 1 amide bonds. The molecule has 35 heavy (non-hydrogen) atoms. The van der Waals surface area contributed by atoms with E-state index in [9.17, 15) is 15.0 Å². The number of hydrogen-bond acceptors (Lipinski definition) is 6. The zero-order valence-corrected chi connectivity index (χ0v) is 21.1. The van der Waals surface area contributed by atoms with Crippen molar-refractivity contribution in [3.05, 3.63) is 87.9 Å². The molecule has 0 aromatic heterocycles. The Labute approximate surface area is 211 Å². The summed E-state index contributed by atoms with van der Waals surface area (Å²) in [7, 11) is 4.52. The molecule has 1 saturated carbocycles. The number of amides is 1. The first-order valence-electron chi connectivity index (χ1n) is 11.2. The molecule has 1 heterocycles. The van der Waals surface area contributed by atoms with Gasteiger partial charge < -0.3 is 29.7 Å². The number of ether oxygens (including phenoxy) is 3. The van der Waals surface area contributed by atoms with Crippen LogP contribution in [0.2, 0.25) is 0 Å². The molecule has 2 aliphatic rings. The molecule has 1 aliphatic carbocycles. The van der Waals surface area contributed by atoms with Crippen LogP contribution in [0.1, 0.15) is 22.6 Å². The summed E-state index contributed by atoms with van der Waals surface area (Å²) in [5.41, 5.74) is -1.93. The Morgan fingerprint density at radius 2 is 1.74 bits per heavy atom. The van der Waals surface area contributed by atoms with Crippen LogP contribution in [-0.2, 0) is 16.0 Å². The molecule has 3 aromatic carbocycles. The highest BCUT2D eigenvalue weighted by Crippen LogP contribution is 2.70. The highest BCUT2D eigenvalue weighted by atomic mass is 79.9. The highest BCUT2D eigenvalue weighted by molar-refractivity contribution is 9.10. The Morgan fingerprint density at radius 1 is 1.06 bits per heavy atom. The normalized spacial score (nSPS) is 28.6. The van der Waals surface area contributed by atoms with E-state index >= 15 is 0 Å². The number of halogens is 1. The number of hydrogen-bond donors (Lipinski definition) is 3. The van der Waals surface area contributed by atoms with Crippen LogP contribution in [-0.4, -0.2) is 43.5 Å². The maximum absolute atomic E-state index is 13.3. The summed E-state index contributed by atoms with van der Waals surface area (Å²) < 4.78 is 18.6. The molecule has 7 nitrogen and oxygen atoms in total. The molecule has 182 valence electrons. The lowest BCUT2D eigenvalue weighted by Gasteiger charge is -2.40. The zero-order chi connectivity index (χ0) is 25.0. The molecule has 3 N–H and O–H groups in total. The highest BCUT2D eigenvalue weighted by Gasteiger charge is 2.78. The fourth-order valence-corrected chi connectivity index (χ4v) is 6.09. The standard InChI is InChI=1S/C27H26BrNO6/c1-29-25(31)21-22(15-7-5-4-6-8-15)27(16-9-11-17(28)12-10-16)26(32,24(21)30)23-19(34-3)13-18(33-2)14-20(23)35-27/h4-14,21-22,24,30,32H,1-3H3,(H,29,31)/t21-,22-,24-,26+,27+/m1/s1. The average molecular weight is 540 g/mol. The van der Waals surface area contributed by atoms with E-state index in [0.29, 0.717) is 22.8 Å². The second-order valence-corrected chi connectivity index (χ2v) is 9.70. The van der Waals surface area contributed by atoms with Gasteiger partial charge in [0.25, 0.3) is 0 Å². The quantitative estimate of drug-likeness (QED) is 0.459. The molecule has 0 spiro atoms. The summed E-state index contributed by atoms with van der Waals surface area (Å²) in [6, 6.07) is 20.0. The van der Waals surface area contributed by atoms with Crippen LogP contribution >= 0.6 is 15.9 Å². The number of methoxy groups -OCH3 is 2. The second kappa shape index (κ2) is 8.55. The maximum Gasteiger partial charge on any atom is 0.226 e. The average Bonchev–Trinajstić information content (AvgIpc) is 3.26. The van der Waals surface area contributed by atoms with Crippen molar-refractivity contribution in [3.8, 4) is 17.2 Å². The van der Waals surface area contributed by atoms with E-state index in [4.69, 9.17) is 14.2 Å². The molecule has 1 fully saturated rings. The number of benzene rings is 3. The number of fused-ring (bicyclic) bond motifs is 3. The van der Waals surface area contributed by atoms with Crippen molar-refractivity contribution in [2.75, 3.05) is 21.3 Å². The Hall–Kier alpha value is -3.07. The van der Waals surface area contributed by atoms with Gasteiger partial charge in [-0.2, -0.15) is 0 Å². The summed E-state index contributed by atoms with van der Waals surface area (Å²) in [5.74, 6) is -1.07. The van der Waals surface area contributed by atoms with Gasteiger partial charge in [0.1, 0.15) is 23.4 Å². The first kappa shape index (κ1) is 23.7. The van der Waals surface area contributed by atoms with E-state index in [-0.39, 0.29) is 5.56 Å². The lowest BCUT2D eigenvalue weighted by molar-refractivity contribution is -0.154. The number of carbonyl (C=O) groups is 1. The van der Waals surface area contributed by atoms with Crippen molar-refractivity contribution in [2.24, 2.45) is 5.92 Å². The topological polar surface area (TPSA) is 97.3 Å². The third-order valence-corrected chi connectivity index (χ3v) is 7.79. The Bertz CT molecular complexity index is 1270. The van der Waals surface area contributed by atoms with Crippen LogP contribution in [0, 0.1) is 5.92 Å². The van der Waals surface area contributed by atoms with Crippen molar-refractivity contribution in [2.45, 2.75) is 23.2 Å². The summed E-state index contributed by atoms with van der Waals surface area (Å²) in [5, 5.41) is 27.2. The van der Waals surface area contributed by atoms with E-state index in [1.165, 1.54) is 21.3 Å². The molecular weight excluding hydrogens is 514 g/mol. The van der Waals surface area contributed by atoms with Gasteiger partial charge in [0.2, 0.25) is 5.91 Å². The van der Waals surface area contributed by atoms with E-state index in [1.807, 2.05) is 54.6 Å². The molecule has 5 rings (SSSR count). The summed E-state index contributed by atoms with van der Waals surface area (Å²) in [4.78, 5) is 13.3. The zero-order valence-electron chi connectivity index (χ0n) is 19.5. The SMILES string of the molecule is CNC(=O)[C@H]1[C@@H](O)[C@@]2(O)c3c(OC)cc(OC)cc3O[C@@]2(c2ccc(Br)cc2)[C@@H]1c1ccccc1. The van der Waals surface area contributed by atoms with E-state index < -0.39 is 35.0 Å². The lowest BCUT2D eigenvalue weighted by atomic mass is 9.70. The fraction of sp³-hybridized carbons (Fsp3) is 0.296. The third-order valence-electron chi connectivity index (χ3n) is 7.26. The molecule has 0 unspecified atom stereocenters. The van der Waals surface area contributed by atoms with Crippen molar-refractivity contribution in [1.82, 2.24) is 5.32 Å².